The molecule has 1 amide bonds. The molecular formula is C17H15N3O3. The van der Waals surface area contributed by atoms with E-state index in [2.05, 4.69) is 10.4 Å². The molecule has 0 aliphatic carbocycles. The molecule has 0 spiro atoms. The molecule has 23 heavy (non-hydrogen) atoms. The minimum Gasteiger partial charge on any atom is -0.504 e. The van der Waals surface area contributed by atoms with Crippen LogP contribution in [0.5, 0.6) is 11.5 Å². The van der Waals surface area contributed by atoms with E-state index in [1.807, 2.05) is 24.4 Å². The zero-order valence-corrected chi connectivity index (χ0v) is 12.4. The molecule has 0 atom stereocenters. The third kappa shape index (κ3) is 3.16. The monoisotopic (exact) mass is 309 g/mol. The summed E-state index contributed by atoms with van der Waals surface area (Å²) in [6.07, 6.45) is 3.52. The van der Waals surface area contributed by atoms with Gasteiger partial charge in [-0.1, -0.05) is 0 Å². The lowest BCUT2D eigenvalue weighted by Crippen LogP contribution is -2.12. The van der Waals surface area contributed by atoms with Crippen molar-refractivity contribution in [3.05, 3.63) is 66.5 Å². The molecule has 0 saturated carbocycles. The number of amides is 1. The van der Waals surface area contributed by atoms with E-state index in [0.717, 1.165) is 5.69 Å². The minimum absolute atomic E-state index is 0.0284. The van der Waals surface area contributed by atoms with Gasteiger partial charge in [0.1, 0.15) is 0 Å². The van der Waals surface area contributed by atoms with Gasteiger partial charge in [0.15, 0.2) is 11.5 Å². The number of hydrogen-bond donors (Lipinski definition) is 2. The highest BCUT2D eigenvalue weighted by Crippen LogP contribution is 2.28. The molecule has 1 heterocycles. The van der Waals surface area contributed by atoms with Gasteiger partial charge in [0.25, 0.3) is 5.91 Å². The summed E-state index contributed by atoms with van der Waals surface area (Å²) in [5.74, 6) is 0.0625. The van der Waals surface area contributed by atoms with Crippen molar-refractivity contribution in [1.29, 1.82) is 0 Å². The fourth-order valence-corrected chi connectivity index (χ4v) is 2.16. The molecule has 0 unspecified atom stereocenters. The number of phenolic OH excluding ortho intramolecular Hbond substituents is 1. The molecule has 116 valence electrons. The van der Waals surface area contributed by atoms with Crippen LogP contribution in [0.2, 0.25) is 0 Å². The smallest absolute Gasteiger partial charge is 0.255 e. The Morgan fingerprint density at radius 3 is 2.61 bits per heavy atom. The second-order valence-electron chi connectivity index (χ2n) is 4.84. The first kappa shape index (κ1) is 14.6. The number of nitrogens with zero attached hydrogens (tertiary/aromatic N) is 2. The van der Waals surface area contributed by atoms with Gasteiger partial charge >= 0.3 is 0 Å². The first-order chi connectivity index (χ1) is 11.2. The zero-order valence-electron chi connectivity index (χ0n) is 12.4. The number of aromatic hydroxyl groups is 1. The number of ether oxygens (including phenoxy) is 1. The van der Waals surface area contributed by atoms with Crippen LogP contribution in [0.4, 0.5) is 5.69 Å². The fourth-order valence-electron chi connectivity index (χ4n) is 2.16. The van der Waals surface area contributed by atoms with Gasteiger partial charge in [-0.25, -0.2) is 4.68 Å². The van der Waals surface area contributed by atoms with E-state index in [9.17, 15) is 9.90 Å². The van der Waals surface area contributed by atoms with Crippen molar-refractivity contribution in [3.8, 4) is 17.2 Å². The average molecular weight is 309 g/mol. The number of hydrogen-bond acceptors (Lipinski definition) is 4. The van der Waals surface area contributed by atoms with Crippen molar-refractivity contribution >= 4 is 11.6 Å². The normalized spacial score (nSPS) is 10.3. The Morgan fingerprint density at radius 1 is 1.22 bits per heavy atom. The van der Waals surface area contributed by atoms with Gasteiger partial charge in [-0.2, -0.15) is 5.10 Å². The molecule has 1 aromatic heterocycles. The van der Waals surface area contributed by atoms with E-state index >= 15 is 0 Å². The van der Waals surface area contributed by atoms with Gasteiger partial charge in [-0.05, 0) is 42.5 Å². The molecule has 0 radical (unpaired) electrons. The highest BCUT2D eigenvalue weighted by atomic mass is 16.5. The van der Waals surface area contributed by atoms with Crippen LogP contribution in [0, 0.1) is 0 Å². The lowest BCUT2D eigenvalue weighted by atomic mass is 10.2. The van der Waals surface area contributed by atoms with Crippen LogP contribution in [0.15, 0.2) is 60.9 Å². The maximum absolute atomic E-state index is 12.2. The van der Waals surface area contributed by atoms with Crippen LogP contribution in [0.1, 0.15) is 10.4 Å². The van der Waals surface area contributed by atoms with E-state index < -0.39 is 0 Å². The number of carbonyl (C=O) groups excluding carboxylic acids is 1. The maximum atomic E-state index is 12.2. The van der Waals surface area contributed by atoms with E-state index in [4.69, 9.17) is 4.74 Å². The van der Waals surface area contributed by atoms with Crippen molar-refractivity contribution in [2.24, 2.45) is 0 Å². The Balaban J connectivity index is 1.74. The molecule has 2 N–H and O–H groups in total. The molecule has 2 aromatic carbocycles. The van der Waals surface area contributed by atoms with Crippen molar-refractivity contribution in [2.75, 3.05) is 12.4 Å². The van der Waals surface area contributed by atoms with Gasteiger partial charge in [0.05, 0.1) is 12.8 Å². The van der Waals surface area contributed by atoms with Crippen LogP contribution >= 0.6 is 0 Å². The largest absolute Gasteiger partial charge is 0.504 e. The predicted octanol–water partition coefficient (Wildman–Crippen LogP) is 2.84. The number of anilines is 1. The SMILES string of the molecule is COc1ccc(NC(=O)c2ccc(-n3cccn3)cc2)cc1O. The Kier molecular flexibility index (Phi) is 3.97. The third-order valence-corrected chi connectivity index (χ3v) is 3.34. The summed E-state index contributed by atoms with van der Waals surface area (Å²) >= 11 is 0. The van der Waals surface area contributed by atoms with Gasteiger partial charge in [0, 0.05) is 29.7 Å². The van der Waals surface area contributed by atoms with Gasteiger partial charge in [0.2, 0.25) is 0 Å². The number of rotatable bonds is 4. The summed E-state index contributed by atoms with van der Waals surface area (Å²) in [7, 11) is 1.47. The first-order valence-electron chi connectivity index (χ1n) is 6.96. The Bertz CT molecular complexity index is 812. The van der Waals surface area contributed by atoms with Gasteiger partial charge < -0.3 is 15.2 Å². The van der Waals surface area contributed by atoms with Crippen LogP contribution in [-0.2, 0) is 0 Å². The standard InChI is InChI=1S/C17H15N3O3/c1-23-16-8-5-13(11-15(16)21)19-17(22)12-3-6-14(7-4-12)20-10-2-9-18-20/h2-11,21H,1H3,(H,19,22). The van der Waals surface area contributed by atoms with Crippen molar-refractivity contribution in [1.82, 2.24) is 9.78 Å². The molecule has 3 rings (SSSR count). The minimum atomic E-state index is -0.262. The van der Waals surface area contributed by atoms with E-state index in [1.165, 1.54) is 13.2 Å². The predicted molar refractivity (Wildman–Crippen MR) is 86.2 cm³/mol. The third-order valence-electron chi connectivity index (χ3n) is 3.34. The number of nitrogens with one attached hydrogen (secondary N) is 1. The van der Waals surface area contributed by atoms with Gasteiger partial charge in [-0.3, -0.25) is 4.79 Å². The topological polar surface area (TPSA) is 76.4 Å². The highest BCUT2D eigenvalue weighted by Gasteiger charge is 2.09. The molecule has 6 nitrogen and oxygen atoms in total. The average Bonchev–Trinajstić information content (AvgIpc) is 3.09. The Hall–Kier alpha value is -3.28. The summed E-state index contributed by atoms with van der Waals surface area (Å²) in [5.41, 5.74) is 1.87. The molecule has 6 heteroatoms. The summed E-state index contributed by atoms with van der Waals surface area (Å²) < 4.78 is 6.68. The number of methoxy groups -OCH3 is 1. The summed E-state index contributed by atoms with van der Waals surface area (Å²) in [6, 6.07) is 13.6. The van der Waals surface area contributed by atoms with Crippen molar-refractivity contribution in [2.45, 2.75) is 0 Å². The van der Waals surface area contributed by atoms with E-state index in [1.54, 1.807) is 35.1 Å². The van der Waals surface area contributed by atoms with E-state index in [0.29, 0.717) is 17.0 Å². The lowest BCUT2D eigenvalue weighted by molar-refractivity contribution is 0.102. The number of carbonyl (C=O) groups is 1. The van der Waals surface area contributed by atoms with Crippen LogP contribution in [0.25, 0.3) is 5.69 Å². The quantitative estimate of drug-likeness (QED) is 0.777. The van der Waals surface area contributed by atoms with Gasteiger partial charge in [-0.15, -0.1) is 0 Å². The second kappa shape index (κ2) is 6.23. The molecule has 0 aliphatic heterocycles. The molecule has 0 fully saturated rings. The number of benzene rings is 2. The Labute approximate surface area is 133 Å². The van der Waals surface area contributed by atoms with Crippen molar-refractivity contribution in [3.63, 3.8) is 0 Å². The molecule has 0 saturated heterocycles. The van der Waals surface area contributed by atoms with Crippen LogP contribution < -0.4 is 10.1 Å². The molecule has 0 aliphatic rings. The summed E-state index contributed by atoms with van der Waals surface area (Å²) in [5, 5.41) is 16.6. The maximum Gasteiger partial charge on any atom is 0.255 e. The molecule has 0 bridgehead atoms. The summed E-state index contributed by atoms with van der Waals surface area (Å²) in [4.78, 5) is 12.2. The van der Waals surface area contributed by atoms with Crippen LogP contribution in [0.3, 0.4) is 0 Å². The van der Waals surface area contributed by atoms with Crippen LogP contribution in [-0.4, -0.2) is 27.9 Å². The number of phenols is 1. The second-order valence-corrected chi connectivity index (χ2v) is 4.84. The number of aromatic nitrogens is 2. The first-order valence-corrected chi connectivity index (χ1v) is 6.96. The Morgan fingerprint density at radius 2 is 2.00 bits per heavy atom. The zero-order chi connectivity index (χ0) is 16.2. The fraction of sp³-hybridized carbons (Fsp3) is 0.0588. The molecule has 3 aromatic rings. The summed E-state index contributed by atoms with van der Waals surface area (Å²) in [6.45, 7) is 0. The van der Waals surface area contributed by atoms with E-state index in [-0.39, 0.29) is 11.7 Å². The lowest BCUT2D eigenvalue weighted by Gasteiger charge is -2.08. The molecular weight excluding hydrogens is 294 g/mol. The highest BCUT2D eigenvalue weighted by molar-refractivity contribution is 6.04. The van der Waals surface area contributed by atoms with Crippen molar-refractivity contribution < 1.29 is 14.6 Å².